The minimum atomic E-state index is 0.666. The number of aryl methyl sites for hydroxylation is 2. The summed E-state index contributed by atoms with van der Waals surface area (Å²) in [5.74, 6) is 0.855. The van der Waals surface area contributed by atoms with Crippen molar-refractivity contribution in [1.29, 1.82) is 0 Å². The van der Waals surface area contributed by atoms with Crippen LogP contribution in [0.2, 0.25) is 0 Å². The highest BCUT2D eigenvalue weighted by Crippen LogP contribution is 2.16. The molecule has 96 valence electrons. The van der Waals surface area contributed by atoms with E-state index >= 15 is 0 Å². The van der Waals surface area contributed by atoms with Gasteiger partial charge in [-0.25, -0.2) is 4.98 Å². The molecule has 0 spiro atoms. The summed E-state index contributed by atoms with van der Waals surface area (Å²) in [6.07, 6.45) is 2.03. The van der Waals surface area contributed by atoms with Crippen molar-refractivity contribution in [3.05, 3.63) is 41.7 Å². The molecule has 1 aromatic carbocycles. The molecule has 0 atom stereocenters. The Labute approximate surface area is 108 Å². The molecule has 4 nitrogen and oxygen atoms in total. The fourth-order valence-electron chi connectivity index (χ4n) is 1.79. The fraction of sp³-hybridized carbons (Fsp3) is 0.357. The van der Waals surface area contributed by atoms with Crippen molar-refractivity contribution in [1.82, 2.24) is 9.55 Å². The highest BCUT2D eigenvalue weighted by atomic mass is 16.5. The molecular weight excluding hydrogens is 226 g/mol. The SMILES string of the molecule is COCCNc1nc(C)cn1-c1ccc(C)cc1. The number of methoxy groups -OCH3 is 1. The van der Waals surface area contributed by atoms with E-state index in [0.717, 1.165) is 23.9 Å². The third kappa shape index (κ3) is 2.90. The van der Waals surface area contributed by atoms with Crippen LogP contribution in [0.15, 0.2) is 30.5 Å². The van der Waals surface area contributed by atoms with Gasteiger partial charge in [-0.2, -0.15) is 0 Å². The third-order valence-corrected chi connectivity index (χ3v) is 2.73. The number of hydrogen-bond acceptors (Lipinski definition) is 3. The predicted octanol–water partition coefficient (Wildman–Crippen LogP) is 2.55. The maximum atomic E-state index is 5.03. The van der Waals surface area contributed by atoms with E-state index in [1.807, 2.05) is 13.1 Å². The number of benzene rings is 1. The molecule has 0 saturated carbocycles. The normalized spacial score (nSPS) is 10.6. The first kappa shape index (κ1) is 12.6. The van der Waals surface area contributed by atoms with Crippen LogP contribution in [-0.2, 0) is 4.74 Å². The summed E-state index contributed by atoms with van der Waals surface area (Å²) in [4.78, 5) is 4.48. The number of imidazole rings is 1. The molecule has 0 fully saturated rings. The Bertz CT molecular complexity index is 502. The standard InChI is InChI=1S/C14H19N3O/c1-11-4-6-13(7-5-11)17-10-12(2)16-14(17)15-8-9-18-3/h4-7,10H,8-9H2,1-3H3,(H,15,16). The van der Waals surface area contributed by atoms with Gasteiger partial charge in [-0.15, -0.1) is 0 Å². The van der Waals surface area contributed by atoms with Gasteiger partial charge in [-0.05, 0) is 26.0 Å². The van der Waals surface area contributed by atoms with Gasteiger partial charge in [0.15, 0.2) is 0 Å². The molecule has 0 bridgehead atoms. The van der Waals surface area contributed by atoms with Gasteiger partial charge in [0.25, 0.3) is 0 Å². The van der Waals surface area contributed by atoms with Gasteiger partial charge < -0.3 is 10.1 Å². The van der Waals surface area contributed by atoms with Crippen molar-refractivity contribution < 1.29 is 4.74 Å². The molecule has 1 heterocycles. The van der Waals surface area contributed by atoms with Crippen LogP contribution >= 0.6 is 0 Å². The number of aromatic nitrogens is 2. The monoisotopic (exact) mass is 245 g/mol. The molecule has 1 N–H and O–H groups in total. The Morgan fingerprint density at radius 1 is 1.22 bits per heavy atom. The molecule has 2 rings (SSSR count). The Balaban J connectivity index is 2.23. The maximum Gasteiger partial charge on any atom is 0.207 e. The maximum absolute atomic E-state index is 5.03. The number of hydrogen-bond donors (Lipinski definition) is 1. The highest BCUT2D eigenvalue weighted by Gasteiger charge is 2.06. The van der Waals surface area contributed by atoms with Gasteiger partial charge in [0.1, 0.15) is 0 Å². The zero-order chi connectivity index (χ0) is 13.0. The van der Waals surface area contributed by atoms with Gasteiger partial charge in [0.05, 0.1) is 12.3 Å². The molecule has 4 heteroatoms. The Morgan fingerprint density at radius 2 is 1.94 bits per heavy atom. The fourth-order valence-corrected chi connectivity index (χ4v) is 1.79. The van der Waals surface area contributed by atoms with E-state index in [-0.39, 0.29) is 0 Å². The Kier molecular flexibility index (Phi) is 3.99. The van der Waals surface area contributed by atoms with Crippen molar-refractivity contribution in [3.8, 4) is 5.69 Å². The van der Waals surface area contributed by atoms with Gasteiger partial charge in [-0.3, -0.25) is 4.57 Å². The first-order valence-electron chi connectivity index (χ1n) is 6.06. The van der Waals surface area contributed by atoms with E-state index in [9.17, 15) is 0 Å². The highest BCUT2D eigenvalue weighted by molar-refractivity contribution is 5.43. The quantitative estimate of drug-likeness (QED) is 0.823. The molecule has 0 radical (unpaired) electrons. The summed E-state index contributed by atoms with van der Waals surface area (Å²) >= 11 is 0. The second kappa shape index (κ2) is 5.69. The van der Waals surface area contributed by atoms with E-state index in [1.165, 1.54) is 5.56 Å². The summed E-state index contributed by atoms with van der Waals surface area (Å²) in [7, 11) is 1.69. The van der Waals surface area contributed by atoms with Crippen LogP contribution in [0.1, 0.15) is 11.3 Å². The predicted molar refractivity (Wildman–Crippen MR) is 73.4 cm³/mol. The molecule has 0 aliphatic heterocycles. The van der Waals surface area contributed by atoms with Crippen molar-refractivity contribution in [2.45, 2.75) is 13.8 Å². The first-order chi connectivity index (χ1) is 8.70. The molecule has 0 saturated heterocycles. The Hall–Kier alpha value is -1.81. The zero-order valence-corrected chi connectivity index (χ0v) is 11.1. The number of nitrogens with one attached hydrogen (secondary N) is 1. The van der Waals surface area contributed by atoms with E-state index < -0.39 is 0 Å². The van der Waals surface area contributed by atoms with Crippen LogP contribution < -0.4 is 5.32 Å². The van der Waals surface area contributed by atoms with E-state index in [4.69, 9.17) is 4.74 Å². The molecule has 0 aliphatic carbocycles. The largest absolute Gasteiger partial charge is 0.383 e. The van der Waals surface area contributed by atoms with E-state index in [0.29, 0.717) is 6.61 Å². The smallest absolute Gasteiger partial charge is 0.207 e. The van der Waals surface area contributed by atoms with Crippen LogP contribution in [0, 0.1) is 13.8 Å². The summed E-state index contributed by atoms with van der Waals surface area (Å²) in [6, 6.07) is 8.39. The van der Waals surface area contributed by atoms with Crippen molar-refractivity contribution in [2.24, 2.45) is 0 Å². The van der Waals surface area contributed by atoms with Crippen LogP contribution in [-0.4, -0.2) is 29.8 Å². The van der Waals surface area contributed by atoms with E-state index in [1.54, 1.807) is 7.11 Å². The van der Waals surface area contributed by atoms with Crippen LogP contribution in [0.25, 0.3) is 5.69 Å². The lowest BCUT2D eigenvalue weighted by molar-refractivity contribution is 0.210. The van der Waals surface area contributed by atoms with Crippen molar-refractivity contribution in [2.75, 3.05) is 25.6 Å². The van der Waals surface area contributed by atoms with Crippen molar-refractivity contribution in [3.63, 3.8) is 0 Å². The summed E-state index contributed by atoms with van der Waals surface area (Å²) in [5.41, 5.74) is 3.36. The summed E-state index contributed by atoms with van der Waals surface area (Å²) in [6.45, 7) is 5.49. The van der Waals surface area contributed by atoms with Gasteiger partial charge in [0, 0.05) is 25.5 Å². The first-order valence-corrected chi connectivity index (χ1v) is 6.06. The minimum Gasteiger partial charge on any atom is -0.383 e. The minimum absolute atomic E-state index is 0.666. The molecule has 18 heavy (non-hydrogen) atoms. The molecule has 0 unspecified atom stereocenters. The summed E-state index contributed by atoms with van der Waals surface area (Å²) < 4.78 is 7.09. The lowest BCUT2D eigenvalue weighted by Gasteiger charge is -2.09. The molecule has 1 aromatic heterocycles. The summed E-state index contributed by atoms with van der Waals surface area (Å²) in [5, 5.41) is 3.27. The lowest BCUT2D eigenvalue weighted by atomic mass is 10.2. The van der Waals surface area contributed by atoms with Gasteiger partial charge >= 0.3 is 0 Å². The Morgan fingerprint density at radius 3 is 2.61 bits per heavy atom. The number of nitrogens with zero attached hydrogens (tertiary/aromatic N) is 2. The lowest BCUT2D eigenvalue weighted by Crippen LogP contribution is -2.11. The zero-order valence-electron chi connectivity index (χ0n) is 11.1. The van der Waals surface area contributed by atoms with E-state index in [2.05, 4.69) is 46.1 Å². The average molecular weight is 245 g/mol. The molecule has 0 amide bonds. The second-order valence-electron chi connectivity index (χ2n) is 4.33. The van der Waals surface area contributed by atoms with Gasteiger partial charge in [0.2, 0.25) is 5.95 Å². The average Bonchev–Trinajstić information content (AvgIpc) is 2.72. The van der Waals surface area contributed by atoms with Crippen LogP contribution in [0.5, 0.6) is 0 Å². The topological polar surface area (TPSA) is 39.1 Å². The second-order valence-corrected chi connectivity index (χ2v) is 4.33. The van der Waals surface area contributed by atoms with Crippen LogP contribution in [0.3, 0.4) is 0 Å². The molecular formula is C14H19N3O. The third-order valence-electron chi connectivity index (χ3n) is 2.73. The van der Waals surface area contributed by atoms with Crippen molar-refractivity contribution >= 4 is 5.95 Å². The number of ether oxygens (including phenoxy) is 1. The van der Waals surface area contributed by atoms with Gasteiger partial charge in [-0.1, -0.05) is 17.7 Å². The number of anilines is 1. The van der Waals surface area contributed by atoms with Crippen LogP contribution in [0.4, 0.5) is 5.95 Å². The molecule has 2 aromatic rings. The molecule has 0 aliphatic rings. The number of rotatable bonds is 5.